The molecule has 4 rings (SSSR count). The van der Waals surface area contributed by atoms with Crippen LogP contribution in [0.25, 0.3) is 0 Å². The Morgan fingerprint density at radius 3 is 1.55 bits per heavy atom. The van der Waals surface area contributed by atoms with Gasteiger partial charge in [0.05, 0.1) is 194 Å². The lowest BCUT2D eigenvalue weighted by Crippen LogP contribution is -3.11. The first kappa shape index (κ1) is 84.9. The maximum Gasteiger partial charge on any atom is 0.303 e. The number of hydrogen-bond acceptors (Lipinski definition) is 22. The number of amides is 1. The quantitative estimate of drug-likeness (QED) is 0.0129. The Balaban J connectivity index is 0.00000317. The summed E-state index contributed by atoms with van der Waals surface area (Å²) in [6.45, 7) is 31.2. The molecule has 0 radical (unpaired) electrons. The zero-order valence-corrected chi connectivity index (χ0v) is 59.5. The molecular weight excluding hydrogens is 1270 g/mol. The van der Waals surface area contributed by atoms with Crippen molar-refractivity contribution >= 4 is 51.1 Å². The molecule has 95 heavy (non-hydrogen) atoms. The number of nitrogens with one attached hydrogen (secondary N) is 2. The average molecular weight is 1390 g/mol. The third kappa shape index (κ3) is 35.3. The second kappa shape index (κ2) is 51.8. The smallest absolute Gasteiger partial charge is 0.303 e. The van der Waals surface area contributed by atoms with Crippen LogP contribution in [0.2, 0.25) is 0 Å². The molecule has 25 nitrogen and oxygen atoms in total. The van der Waals surface area contributed by atoms with Crippen molar-refractivity contribution < 1.29 is 109 Å². The number of rotatable bonds is 58. The fourth-order valence-electron chi connectivity index (χ4n) is 10.4. The number of carboxylic acids is 1. The van der Waals surface area contributed by atoms with Crippen LogP contribution < -0.4 is 20.4 Å². The number of carbonyl (C=O) groups excluding carboxylic acids is 1. The van der Waals surface area contributed by atoms with Crippen molar-refractivity contribution in [2.24, 2.45) is 0 Å². The van der Waals surface area contributed by atoms with Crippen LogP contribution in [0, 0.1) is 0 Å². The van der Waals surface area contributed by atoms with E-state index in [0.717, 1.165) is 71.6 Å². The van der Waals surface area contributed by atoms with Gasteiger partial charge in [-0.05, 0) is 102 Å². The summed E-state index contributed by atoms with van der Waals surface area (Å²) in [6.07, 6.45) is 14.7. The van der Waals surface area contributed by atoms with Gasteiger partial charge in [0.15, 0.2) is 5.71 Å². The summed E-state index contributed by atoms with van der Waals surface area (Å²) in [6, 6.07) is 10.3. The minimum Gasteiger partial charge on any atom is -0.744 e. The van der Waals surface area contributed by atoms with E-state index in [2.05, 4.69) is 64.9 Å². The average Bonchev–Trinajstić information content (AvgIpc) is 1.60. The highest BCUT2D eigenvalue weighted by Crippen LogP contribution is 2.49. The lowest BCUT2D eigenvalue weighted by atomic mass is 9.81. The van der Waals surface area contributed by atoms with E-state index in [1.165, 1.54) is 31.8 Å². The number of ether oxygens (including phenoxy) is 12. The highest BCUT2D eigenvalue weighted by atomic mass is 32.2. The Hall–Kier alpha value is -4.31. The minimum atomic E-state index is -4.69. The van der Waals surface area contributed by atoms with Crippen LogP contribution in [0.5, 0.6) is 0 Å². The molecule has 0 aromatic heterocycles. The highest BCUT2D eigenvalue weighted by molar-refractivity contribution is 7.94. The molecule has 2 aliphatic heterocycles. The van der Waals surface area contributed by atoms with Crippen molar-refractivity contribution in [2.75, 3.05) is 203 Å². The largest absolute Gasteiger partial charge is 0.744 e. The number of carbonyl (C=O) groups is 2. The van der Waals surface area contributed by atoms with Crippen molar-refractivity contribution in [2.45, 2.75) is 120 Å². The monoisotopic (exact) mass is 1380 g/mol. The van der Waals surface area contributed by atoms with E-state index in [4.69, 9.17) is 61.9 Å². The third-order valence-electron chi connectivity index (χ3n) is 15.7. The van der Waals surface area contributed by atoms with Crippen molar-refractivity contribution in [3.63, 3.8) is 0 Å². The van der Waals surface area contributed by atoms with Gasteiger partial charge >= 0.3 is 5.97 Å². The predicted molar refractivity (Wildman–Crippen MR) is 359 cm³/mol. The standard InChI is InChI=1S/C62H97N3O21S2.C6H15N/c1-61(2)53-49-51(87-86-85-69)19-21-55(53)64(25-14-8-12-18-60(67)68)57(61)15-9-6-10-16-58-62(3,4)54-50-52(88(70,71)72)20-22-56(54)65(58)24-13-7-11-17-59(66)63-23-26-74-29-30-76-33-34-78-37-38-80-41-42-82-45-46-84-48-47-83-44-43-81-40-39-79-36-35-77-32-31-75-28-27-73-5;1-4-7(5-2)6-3/h6,9-10,15-16,19-22,49-50H,7-8,11-14,17-18,23-48H2,1-5H3,(H3-,63,66,67,68,69,70,71,72);4-6H2,1-3H3. The molecule has 0 atom stereocenters. The first-order valence-corrected chi connectivity index (χ1v) is 35.6. The van der Waals surface area contributed by atoms with E-state index in [1.54, 1.807) is 18.1 Å². The second-order valence-electron chi connectivity index (χ2n) is 23.2. The molecule has 542 valence electrons. The second-order valence-corrected chi connectivity index (χ2v) is 25.3. The lowest BCUT2D eigenvalue weighted by molar-refractivity contribution is -0.894. The Labute approximate surface area is 569 Å². The molecule has 0 spiro atoms. The Bertz CT molecular complexity index is 2630. The molecule has 2 aliphatic rings. The Morgan fingerprint density at radius 1 is 0.600 bits per heavy atom. The molecule has 0 unspecified atom stereocenters. The van der Waals surface area contributed by atoms with Crippen molar-refractivity contribution in [3.8, 4) is 0 Å². The Morgan fingerprint density at radius 2 is 1.08 bits per heavy atom. The summed E-state index contributed by atoms with van der Waals surface area (Å²) in [5, 5.41) is 26.2. The zero-order chi connectivity index (χ0) is 69.3. The van der Waals surface area contributed by atoms with E-state index < -0.39 is 26.9 Å². The van der Waals surface area contributed by atoms with Gasteiger partial charge in [-0.1, -0.05) is 38.5 Å². The summed E-state index contributed by atoms with van der Waals surface area (Å²) in [4.78, 5) is 28.1. The number of carboxylic acid groups (broad SMARTS) is 1. The molecule has 0 bridgehead atoms. The molecule has 1 amide bonds. The number of nitrogens with zero attached hydrogens (tertiary/aromatic N) is 2. The van der Waals surface area contributed by atoms with Crippen LogP contribution in [-0.2, 0) is 96.8 Å². The van der Waals surface area contributed by atoms with Gasteiger partial charge in [-0.25, -0.2) is 8.42 Å². The molecule has 27 heteroatoms. The van der Waals surface area contributed by atoms with Crippen LogP contribution in [0.1, 0.15) is 111 Å². The van der Waals surface area contributed by atoms with E-state index in [1.807, 2.05) is 56.4 Å². The summed E-state index contributed by atoms with van der Waals surface area (Å²) < 4.78 is 109. The van der Waals surface area contributed by atoms with E-state index >= 15 is 0 Å². The number of benzene rings is 2. The van der Waals surface area contributed by atoms with Crippen molar-refractivity contribution in [3.05, 3.63) is 83.6 Å². The third-order valence-corrected chi connectivity index (χ3v) is 17.1. The molecule has 0 aliphatic carbocycles. The van der Waals surface area contributed by atoms with Gasteiger partial charge in [0.2, 0.25) is 11.6 Å². The van der Waals surface area contributed by atoms with Crippen LogP contribution in [0.4, 0.5) is 11.4 Å². The summed E-state index contributed by atoms with van der Waals surface area (Å²) in [5.74, 6) is -0.875. The topological polar surface area (TPSA) is 287 Å². The van der Waals surface area contributed by atoms with Gasteiger partial charge in [0.1, 0.15) is 16.7 Å². The fourth-order valence-corrected chi connectivity index (χ4v) is 11.3. The SMILES string of the molecule is CC[NH+](CC)CC.COCCOCCOCCOCCOCCOCCOCCOCCOCCOCCOCCOCCNC(=O)CCCCCN1C(=CC=CC=CC2=[N+](CCCCCC(=O)O)c3ccc(SOO[O-])cc3C2(C)C)C(C)(C)c2cc(S(=O)(=O)[O-])ccc21. The van der Waals surface area contributed by atoms with Crippen LogP contribution in [0.3, 0.4) is 0 Å². The number of allylic oxidation sites excluding steroid dienone is 6. The fraction of sp³-hybridized carbons (Fsp3) is 0.691. The number of aliphatic carboxylic acids is 1. The molecule has 2 aromatic rings. The molecular formula is C68H112N4O21S2. The lowest BCUT2D eigenvalue weighted by Gasteiger charge is -2.27. The van der Waals surface area contributed by atoms with E-state index in [0.29, 0.717) is 196 Å². The number of fused-ring (bicyclic) bond motifs is 2. The van der Waals surface area contributed by atoms with Crippen LogP contribution in [0.15, 0.2) is 82.3 Å². The van der Waals surface area contributed by atoms with E-state index in [-0.39, 0.29) is 17.2 Å². The van der Waals surface area contributed by atoms with Gasteiger partial charge in [-0.3, -0.25) is 14.6 Å². The van der Waals surface area contributed by atoms with Gasteiger partial charge in [0.25, 0.3) is 0 Å². The molecule has 0 fully saturated rings. The summed E-state index contributed by atoms with van der Waals surface area (Å²) >= 11 is 0.832. The van der Waals surface area contributed by atoms with Crippen LogP contribution in [-0.4, -0.2) is 239 Å². The van der Waals surface area contributed by atoms with E-state index in [9.17, 15) is 27.8 Å². The molecule has 2 aromatic carbocycles. The van der Waals surface area contributed by atoms with Gasteiger partial charge in [0, 0.05) is 78.9 Å². The van der Waals surface area contributed by atoms with Gasteiger partial charge < -0.3 is 86.9 Å². The number of quaternary nitrogens is 1. The van der Waals surface area contributed by atoms with Gasteiger partial charge in [-0.2, -0.15) is 8.91 Å². The predicted octanol–water partition coefficient (Wildman–Crippen LogP) is 6.07. The number of hydrogen-bond donors (Lipinski definition) is 3. The number of unbranched alkanes of at least 4 members (excludes halogenated alkanes) is 4. The number of anilines is 1. The normalized spacial score (nSPS) is 14.6. The highest BCUT2D eigenvalue weighted by Gasteiger charge is 2.44. The maximum absolute atomic E-state index is 12.7. The summed E-state index contributed by atoms with van der Waals surface area (Å²) in [7, 11) is -3.06. The van der Waals surface area contributed by atoms with Gasteiger partial charge in [-0.15, -0.1) is 0 Å². The summed E-state index contributed by atoms with van der Waals surface area (Å²) in [5.41, 5.74) is 4.47. The first-order chi connectivity index (χ1) is 46.0. The number of methoxy groups -OCH3 is 1. The molecule has 0 saturated heterocycles. The first-order valence-electron chi connectivity index (χ1n) is 33.5. The molecule has 0 saturated carbocycles. The zero-order valence-electron chi connectivity index (χ0n) is 57.8. The maximum atomic E-state index is 12.7. The van der Waals surface area contributed by atoms with Crippen molar-refractivity contribution in [1.29, 1.82) is 0 Å². The molecule has 2 heterocycles. The Kier molecular flexibility index (Phi) is 46.3. The minimum absolute atomic E-state index is 0.0620. The van der Waals surface area contributed by atoms with Crippen LogP contribution >= 0.6 is 12.0 Å². The van der Waals surface area contributed by atoms with Crippen molar-refractivity contribution in [1.82, 2.24) is 5.32 Å². The molecule has 3 N–H and O–H groups in total.